The Labute approximate surface area is 248 Å². The van der Waals surface area contributed by atoms with E-state index in [9.17, 15) is 24.3 Å². The molecule has 6 unspecified atom stereocenters. The molecule has 41 heavy (non-hydrogen) atoms. The molecular weight excluding hydrogens is 600 g/mol. The molecule has 0 aromatic heterocycles. The van der Waals surface area contributed by atoms with E-state index in [4.69, 9.17) is 24.7 Å². The van der Waals surface area contributed by atoms with E-state index in [0.29, 0.717) is 12.0 Å². The molecule has 11 nitrogen and oxygen atoms in total. The summed E-state index contributed by atoms with van der Waals surface area (Å²) in [6, 6.07) is 0. The number of nitrogens with one attached hydrogen (secondary N) is 1. The van der Waals surface area contributed by atoms with E-state index in [-0.39, 0.29) is 39.4 Å². The Morgan fingerprint density at radius 3 is 2.32 bits per heavy atom. The number of halogens is 1. The number of methoxy groups -OCH3 is 3. The molecule has 0 aromatic rings. The molecule has 6 atom stereocenters. The average Bonchev–Trinajstić information content (AvgIpc) is 2.92. The quantitative estimate of drug-likeness (QED) is 0.310. The predicted octanol–water partition coefficient (Wildman–Crippen LogP) is 3.13. The molecule has 0 spiro atoms. The van der Waals surface area contributed by atoms with E-state index in [2.05, 4.69) is 21.2 Å². The van der Waals surface area contributed by atoms with Crippen LogP contribution in [0.3, 0.4) is 0 Å². The van der Waals surface area contributed by atoms with Gasteiger partial charge in [0.2, 0.25) is 11.6 Å². The van der Waals surface area contributed by atoms with Gasteiger partial charge in [0.1, 0.15) is 11.8 Å². The Balaban J connectivity index is 2.65. The monoisotopic (exact) mass is 638 g/mol. The second-order valence-corrected chi connectivity index (χ2v) is 11.0. The summed E-state index contributed by atoms with van der Waals surface area (Å²) in [4.78, 5) is 51.3. The number of allylic oxidation sites excluding steroid dienone is 4. The third kappa shape index (κ3) is 8.48. The molecule has 2 amide bonds. The molecule has 0 aromatic carbocycles. The Bertz CT molecular complexity index is 1200. The fraction of sp³-hybridized carbons (Fsp3) is 0.517. The number of hydrogen-bond donors (Lipinski definition) is 3. The van der Waals surface area contributed by atoms with Gasteiger partial charge in [-0.25, -0.2) is 4.79 Å². The van der Waals surface area contributed by atoms with E-state index >= 15 is 0 Å². The molecule has 2 rings (SSSR count). The summed E-state index contributed by atoms with van der Waals surface area (Å²) in [6.07, 6.45) is 2.47. The molecule has 226 valence electrons. The van der Waals surface area contributed by atoms with Crippen molar-refractivity contribution in [1.29, 1.82) is 0 Å². The van der Waals surface area contributed by atoms with Crippen LogP contribution in [0.15, 0.2) is 57.0 Å². The molecule has 4 N–H and O–H groups in total. The Kier molecular flexibility index (Phi) is 12.7. The zero-order valence-electron chi connectivity index (χ0n) is 24.4. The number of rotatable bonds is 4. The molecule has 12 heteroatoms. The summed E-state index contributed by atoms with van der Waals surface area (Å²) in [6.45, 7) is 6.91. The minimum atomic E-state index is -1.01. The molecule has 1 aliphatic carbocycles. The van der Waals surface area contributed by atoms with Gasteiger partial charge >= 0.3 is 6.09 Å². The number of primary amides is 1. The van der Waals surface area contributed by atoms with E-state index in [1.54, 1.807) is 26.0 Å². The molecule has 2 bridgehead atoms. The number of hydrogen-bond acceptors (Lipinski definition) is 9. The lowest BCUT2D eigenvalue weighted by Gasteiger charge is -2.30. The van der Waals surface area contributed by atoms with Crippen LogP contribution >= 0.6 is 15.9 Å². The first-order valence-corrected chi connectivity index (χ1v) is 13.9. The maximum Gasteiger partial charge on any atom is 0.405 e. The van der Waals surface area contributed by atoms with E-state index in [1.807, 2.05) is 6.92 Å². The lowest BCUT2D eigenvalue weighted by atomic mass is 9.85. The molecule has 0 saturated carbocycles. The highest BCUT2D eigenvalue weighted by atomic mass is 79.9. The van der Waals surface area contributed by atoms with Gasteiger partial charge in [-0.05, 0) is 54.1 Å². The fourth-order valence-corrected chi connectivity index (χ4v) is 5.27. The van der Waals surface area contributed by atoms with Crippen LogP contribution in [0.25, 0.3) is 0 Å². The molecule has 1 aliphatic heterocycles. The van der Waals surface area contributed by atoms with Gasteiger partial charge in [0.15, 0.2) is 11.9 Å². The van der Waals surface area contributed by atoms with E-state index in [1.165, 1.54) is 40.4 Å². The second kappa shape index (κ2) is 15.2. The average molecular weight is 640 g/mol. The van der Waals surface area contributed by atoms with Crippen molar-refractivity contribution in [2.45, 2.75) is 65.0 Å². The second-order valence-electron chi connectivity index (χ2n) is 10.2. The van der Waals surface area contributed by atoms with Gasteiger partial charge in [0.25, 0.3) is 5.91 Å². The highest BCUT2D eigenvalue weighted by Crippen LogP contribution is 2.33. The molecular formula is C29H39BrN2O9. The highest BCUT2D eigenvalue weighted by Gasteiger charge is 2.37. The Hall–Kier alpha value is -3.06. The number of fused-ring (bicyclic) bond motifs is 2. The van der Waals surface area contributed by atoms with Crippen molar-refractivity contribution in [1.82, 2.24) is 5.32 Å². The van der Waals surface area contributed by atoms with Gasteiger partial charge in [-0.3, -0.25) is 14.4 Å². The number of aliphatic hydroxyl groups is 1. The number of Topliss-reactive ketones (excluding diaryl/α,β-unsaturated/α-hetero) is 2. The number of ketones is 2. The van der Waals surface area contributed by atoms with E-state index in [0.717, 1.165) is 0 Å². The largest absolute Gasteiger partial charge is 0.492 e. The van der Waals surface area contributed by atoms with Gasteiger partial charge in [-0.15, -0.1) is 0 Å². The number of amides is 2. The first-order chi connectivity index (χ1) is 19.3. The van der Waals surface area contributed by atoms with Gasteiger partial charge in [0, 0.05) is 31.3 Å². The van der Waals surface area contributed by atoms with E-state index < -0.39 is 53.9 Å². The fourth-order valence-electron chi connectivity index (χ4n) is 4.81. The number of nitrogens with two attached hydrogens (primary N) is 1. The smallest absolute Gasteiger partial charge is 0.405 e. The zero-order valence-corrected chi connectivity index (χ0v) is 25.9. The lowest BCUT2D eigenvalue weighted by molar-refractivity contribution is -0.121. The minimum absolute atomic E-state index is 0.111. The third-order valence-electron chi connectivity index (χ3n) is 7.05. The first kappa shape index (κ1) is 34.1. The van der Waals surface area contributed by atoms with Crippen LogP contribution < -0.4 is 11.1 Å². The number of carbonyl (C=O) groups is 4. The maximum atomic E-state index is 13.5. The van der Waals surface area contributed by atoms with Crippen molar-refractivity contribution < 1.29 is 43.2 Å². The topological polar surface area (TPSA) is 163 Å². The third-order valence-corrected chi connectivity index (χ3v) is 7.80. The lowest BCUT2D eigenvalue weighted by Crippen LogP contribution is -2.37. The number of aliphatic hydroxyl groups excluding tert-OH is 1. The first-order valence-electron chi connectivity index (χ1n) is 13.1. The highest BCUT2D eigenvalue weighted by molar-refractivity contribution is 9.12. The van der Waals surface area contributed by atoms with Crippen molar-refractivity contribution in [3.05, 3.63) is 57.0 Å². The van der Waals surface area contributed by atoms with Crippen LogP contribution in [-0.2, 0) is 33.3 Å². The molecule has 0 fully saturated rings. The minimum Gasteiger partial charge on any atom is -0.492 e. The van der Waals surface area contributed by atoms with Crippen LogP contribution in [0.5, 0.6) is 0 Å². The SMILES string of the molecule is COC1=C2CC(C)CC(OC)C(O)C(C)/C=C(/C)C(OC(N)=O)C(OC)/C=C\C=C(\C)C(=O)NC(=C(Br)C1=O)C2=O. The molecule has 0 saturated heterocycles. The normalized spacial score (nSPS) is 32.5. The summed E-state index contributed by atoms with van der Waals surface area (Å²) < 4.78 is 21.7. The number of carbonyl (C=O) groups excluding carboxylic acids is 4. The standard InChI is InChI=1S/C29H39BrN2O9/c1-14-11-18-24(34)22(21(30)25(35)27(18)40-7)32-28(36)15(2)9-8-10-19(38-5)26(41-29(31)37)17(4)13-16(3)23(33)20(12-14)39-6/h8-10,13-14,16,19-20,23,26,33H,11-12H2,1-7H3,(H2,31,37)(H,32,36)/b10-8-,15-9-,17-13-. The molecule has 1 heterocycles. The van der Waals surface area contributed by atoms with Crippen molar-refractivity contribution in [2.24, 2.45) is 17.6 Å². The predicted molar refractivity (Wildman–Crippen MR) is 154 cm³/mol. The summed E-state index contributed by atoms with van der Waals surface area (Å²) in [5.74, 6) is -2.54. The summed E-state index contributed by atoms with van der Waals surface area (Å²) >= 11 is 3.15. The van der Waals surface area contributed by atoms with Gasteiger partial charge in [-0.2, -0.15) is 0 Å². The van der Waals surface area contributed by atoms with Crippen molar-refractivity contribution in [3.8, 4) is 0 Å². The van der Waals surface area contributed by atoms with Crippen LogP contribution in [0, 0.1) is 11.8 Å². The van der Waals surface area contributed by atoms with Crippen molar-refractivity contribution in [3.63, 3.8) is 0 Å². The van der Waals surface area contributed by atoms with Crippen molar-refractivity contribution in [2.75, 3.05) is 21.3 Å². The van der Waals surface area contributed by atoms with Crippen LogP contribution in [0.4, 0.5) is 4.79 Å². The Morgan fingerprint density at radius 1 is 1.10 bits per heavy atom. The molecule has 0 radical (unpaired) electrons. The zero-order chi connectivity index (χ0) is 31.0. The Morgan fingerprint density at radius 2 is 1.76 bits per heavy atom. The van der Waals surface area contributed by atoms with Gasteiger partial charge < -0.3 is 35.1 Å². The maximum absolute atomic E-state index is 13.5. The van der Waals surface area contributed by atoms with Crippen LogP contribution in [0.2, 0.25) is 0 Å². The number of ether oxygens (including phenoxy) is 4. The van der Waals surface area contributed by atoms with Gasteiger partial charge in [-0.1, -0.05) is 38.2 Å². The van der Waals surface area contributed by atoms with Crippen LogP contribution in [0.1, 0.15) is 40.5 Å². The molecule has 2 aliphatic rings. The summed E-state index contributed by atoms with van der Waals surface area (Å²) in [5.41, 5.74) is 6.05. The van der Waals surface area contributed by atoms with Gasteiger partial charge in [0.05, 0.1) is 23.8 Å². The van der Waals surface area contributed by atoms with Crippen LogP contribution in [-0.4, -0.2) is 74.4 Å². The summed E-state index contributed by atoms with van der Waals surface area (Å²) in [7, 11) is 4.20. The van der Waals surface area contributed by atoms with Crippen molar-refractivity contribution >= 4 is 39.5 Å². The summed E-state index contributed by atoms with van der Waals surface area (Å²) in [5, 5.41) is 13.7.